The standard InChI is InChI=1S/C18H29F3N4O4S/c19-18(20,21)16(27)23-8-4-10-29-9-3-7-22-14(26)6-2-1-5-13-15-12(11-30-13)24-17(28)25-15/h12-13,15H,1-11H2,(H,22,26)(H,23,27)(H2,24,25,28). The van der Waals surface area contributed by atoms with Crippen molar-refractivity contribution >= 4 is 29.6 Å². The Morgan fingerprint density at radius 1 is 1.07 bits per heavy atom. The number of carbonyl (C=O) groups excluding carboxylic acids is 3. The summed E-state index contributed by atoms with van der Waals surface area (Å²) in [5.74, 6) is -1.03. The zero-order valence-corrected chi connectivity index (χ0v) is 17.5. The molecule has 2 fully saturated rings. The summed E-state index contributed by atoms with van der Waals surface area (Å²) in [7, 11) is 0. The molecule has 0 spiro atoms. The van der Waals surface area contributed by atoms with Crippen LogP contribution >= 0.6 is 11.8 Å². The lowest BCUT2D eigenvalue weighted by atomic mass is 10.0. The van der Waals surface area contributed by atoms with Crippen LogP contribution < -0.4 is 21.3 Å². The van der Waals surface area contributed by atoms with Crippen LogP contribution in [0.3, 0.4) is 0 Å². The molecule has 0 radical (unpaired) electrons. The molecule has 4 N–H and O–H groups in total. The van der Waals surface area contributed by atoms with E-state index in [4.69, 9.17) is 4.74 Å². The molecule has 0 aliphatic carbocycles. The second-order valence-corrected chi connectivity index (χ2v) is 8.56. The number of nitrogens with one attached hydrogen (secondary N) is 4. The van der Waals surface area contributed by atoms with Gasteiger partial charge in [-0.1, -0.05) is 6.42 Å². The van der Waals surface area contributed by atoms with Crippen molar-refractivity contribution < 1.29 is 32.3 Å². The van der Waals surface area contributed by atoms with Crippen molar-refractivity contribution in [3.05, 3.63) is 0 Å². The van der Waals surface area contributed by atoms with Gasteiger partial charge in [-0.15, -0.1) is 0 Å². The van der Waals surface area contributed by atoms with Gasteiger partial charge >= 0.3 is 18.1 Å². The molecule has 172 valence electrons. The van der Waals surface area contributed by atoms with Crippen molar-refractivity contribution in [1.82, 2.24) is 21.3 Å². The first-order valence-electron chi connectivity index (χ1n) is 10.2. The Bertz CT molecular complexity index is 594. The van der Waals surface area contributed by atoms with Crippen LogP contribution in [0.4, 0.5) is 18.0 Å². The van der Waals surface area contributed by atoms with Crippen LogP contribution in [-0.2, 0) is 14.3 Å². The number of thioether (sulfide) groups is 1. The average Bonchev–Trinajstić information content (AvgIpc) is 3.22. The number of ether oxygens (including phenoxy) is 1. The van der Waals surface area contributed by atoms with Crippen molar-refractivity contribution in [2.24, 2.45) is 0 Å². The summed E-state index contributed by atoms with van der Waals surface area (Å²) < 4.78 is 41.1. The first-order valence-corrected chi connectivity index (χ1v) is 11.2. The third-order valence-corrected chi connectivity index (χ3v) is 6.39. The lowest BCUT2D eigenvalue weighted by molar-refractivity contribution is -0.173. The molecule has 2 aliphatic rings. The molecule has 0 aromatic carbocycles. The number of unbranched alkanes of at least 4 members (excludes halogenated alkanes) is 1. The van der Waals surface area contributed by atoms with Gasteiger partial charge in [-0.05, 0) is 25.7 Å². The van der Waals surface area contributed by atoms with Crippen LogP contribution in [0.25, 0.3) is 0 Å². The molecule has 0 aromatic heterocycles. The minimum Gasteiger partial charge on any atom is -0.381 e. The highest BCUT2D eigenvalue weighted by Crippen LogP contribution is 2.33. The van der Waals surface area contributed by atoms with E-state index < -0.39 is 12.1 Å². The predicted molar refractivity (Wildman–Crippen MR) is 106 cm³/mol. The first-order chi connectivity index (χ1) is 14.3. The molecule has 0 aromatic rings. The van der Waals surface area contributed by atoms with E-state index >= 15 is 0 Å². The summed E-state index contributed by atoms with van der Waals surface area (Å²) in [6.07, 6.45) is -0.819. The lowest BCUT2D eigenvalue weighted by Crippen LogP contribution is -2.37. The Morgan fingerprint density at radius 3 is 2.47 bits per heavy atom. The summed E-state index contributed by atoms with van der Waals surface area (Å²) >= 11 is 1.86. The number of halogens is 3. The maximum atomic E-state index is 12.0. The van der Waals surface area contributed by atoms with E-state index in [1.54, 1.807) is 5.32 Å². The Balaban J connectivity index is 1.37. The van der Waals surface area contributed by atoms with E-state index in [1.807, 2.05) is 11.8 Å². The van der Waals surface area contributed by atoms with Crippen molar-refractivity contribution in [2.45, 2.75) is 62.0 Å². The molecular formula is C18H29F3N4O4S. The van der Waals surface area contributed by atoms with E-state index in [-0.39, 0.29) is 43.6 Å². The number of rotatable bonds is 13. The summed E-state index contributed by atoms with van der Waals surface area (Å²) in [6, 6.07) is 0.320. The molecule has 2 rings (SSSR count). The average molecular weight is 455 g/mol. The van der Waals surface area contributed by atoms with Crippen LogP contribution in [-0.4, -0.2) is 73.4 Å². The fourth-order valence-corrected chi connectivity index (χ4v) is 4.89. The van der Waals surface area contributed by atoms with Gasteiger partial charge in [0, 0.05) is 43.7 Å². The van der Waals surface area contributed by atoms with Gasteiger partial charge < -0.3 is 26.0 Å². The molecule has 2 heterocycles. The molecule has 0 bridgehead atoms. The Hall–Kier alpha value is -1.69. The van der Waals surface area contributed by atoms with Gasteiger partial charge in [0.25, 0.3) is 0 Å². The number of fused-ring (bicyclic) bond motifs is 1. The fourth-order valence-electron chi connectivity index (χ4n) is 3.34. The Morgan fingerprint density at radius 2 is 1.77 bits per heavy atom. The summed E-state index contributed by atoms with van der Waals surface area (Å²) in [4.78, 5) is 33.8. The van der Waals surface area contributed by atoms with Gasteiger partial charge in [0.15, 0.2) is 0 Å². The van der Waals surface area contributed by atoms with Gasteiger partial charge in [-0.25, -0.2) is 4.79 Å². The van der Waals surface area contributed by atoms with Crippen molar-refractivity contribution in [1.29, 1.82) is 0 Å². The maximum absolute atomic E-state index is 12.0. The number of hydrogen-bond acceptors (Lipinski definition) is 5. The SMILES string of the molecule is O=C(CCCCC1SCC2NC(=O)NC21)NCCCOCCCNC(=O)C(F)(F)F. The van der Waals surface area contributed by atoms with E-state index in [0.717, 1.165) is 25.0 Å². The Labute approximate surface area is 177 Å². The second-order valence-electron chi connectivity index (χ2n) is 7.29. The lowest BCUT2D eigenvalue weighted by Gasteiger charge is -2.16. The summed E-state index contributed by atoms with van der Waals surface area (Å²) in [5.41, 5.74) is 0. The second kappa shape index (κ2) is 12.2. The highest BCUT2D eigenvalue weighted by atomic mass is 32.2. The third-order valence-electron chi connectivity index (χ3n) is 4.88. The predicted octanol–water partition coefficient (Wildman–Crippen LogP) is 1.30. The molecule has 2 saturated heterocycles. The third kappa shape index (κ3) is 8.58. The van der Waals surface area contributed by atoms with Crippen LogP contribution in [0, 0.1) is 0 Å². The summed E-state index contributed by atoms with van der Waals surface area (Å²) in [6.45, 7) is 1.00. The number of alkyl halides is 3. The number of hydrogen-bond donors (Lipinski definition) is 4. The van der Waals surface area contributed by atoms with Crippen LogP contribution in [0.15, 0.2) is 0 Å². The molecule has 12 heteroatoms. The zero-order chi connectivity index (χ0) is 22.0. The highest BCUT2D eigenvalue weighted by molar-refractivity contribution is 8.00. The molecule has 3 atom stereocenters. The van der Waals surface area contributed by atoms with Gasteiger partial charge in [0.05, 0.1) is 12.1 Å². The minimum absolute atomic E-state index is 0.0161. The van der Waals surface area contributed by atoms with Crippen molar-refractivity contribution in [2.75, 3.05) is 32.1 Å². The number of carbonyl (C=O) groups is 3. The Kier molecular flexibility index (Phi) is 10.0. The smallest absolute Gasteiger partial charge is 0.381 e. The molecule has 4 amide bonds. The summed E-state index contributed by atoms with van der Waals surface area (Å²) in [5, 5.41) is 10.8. The van der Waals surface area contributed by atoms with E-state index in [9.17, 15) is 27.6 Å². The van der Waals surface area contributed by atoms with E-state index in [1.165, 1.54) is 0 Å². The molecule has 0 saturated carbocycles. The number of amides is 4. The monoisotopic (exact) mass is 454 g/mol. The largest absolute Gasteiger partial charge is 0.471 e. The van der Waals surface area contributed by atoms with Gasteiger partial charge in [0.2, 0.25) is 5.91 Å². The first kappa shape index (κ1) is 24.6. The fraction of sp³-hybridized carbons (Fsp3) is 0.833. The van der Waals surface area contributed by atoms with Crippen molar-refractivity contribution in [3.8, 4) is 0 Å². The van der Waals surface area contributed by atoms with E-state index in [0.29, 0.717) is 31.2 Å². The van der Waals surface area contributed by atoms with Crippen LogP contribution in [0.2, 0.25) is 0 Å². The van der Waals surface area contributed by atoms with Gasteiger partial charge in [-0.2, -0.15) is 24.9 Å². The highest BCUT2D eigenvalue weighted by Gasteiger charge is 2.42. The van der Waals surface area contributed by atoms with Crippen LogP contribution in [0.5, 0.6) is 0 Å². The topological polar surface area (TPSA) is 109 Å². The molecule has 3 unspecified atom stereocenters. The number of urea groups is 1. The van der Waals surface area contributed by atoms with Gasteiger partial charge in [-0.3, -0.25) is 9.59 Å². The molecule has 8 nitrogen and oxygen atoms in total. The minimum atomic E-state index is -4.86. The van der Waals surface area contributed by atoms with Gasteiger partial charge in [0.1, 0.15) is 0 Å². The molecule has 2 aliphatic heterocycles. The molecule has 30 heavy (non-hydrogen) atoms. The van der Waals surface area contributed by atoms with Crippen LogP contribution in [0.1, 0.15) is 38.5 Å². The van der Waals surface area contributed by atoms with Crippen molar-refractivity contribution in [3.63, 3.8) is 0 Å². The maximum Gasteiger partial charge on any atom is 0.471 e. The zero-order valence-electron chi connectivity index (χ0n) is 16.7. The quantitative estimate of drug-likeness (QED) is 0.248. The van der Waals surface area contributed by atoms with E-state index in [2.05, 4.69) is 16.0 Å². The molecular weight excluding hydrogens is 425 g/mol. The normalized spacial score (nSPS) is 22.9.